The summed E-state index contributed by atoms with van der Waals surface area (Å²) in [6.07, 6.45) is -3.26. The molecule has 30 heavy (non-hydrogen) atoms. The van der Waals surface area contributed by atoms with Gasteiger partial charge in [-0.05, 0) is 48.7 Å². The Labute approximate surface area is 177 Å². The maximum Gasteiger partial charge on any atom is 0.416 e. The molecule has 0 aromatic heterocycles. The number of carbonyl (C=O) groups is 1. The average Bonchev–Trinajstić information content (AvgIpc) is 2.73. The Balaban J connectivity index is 0.000000214. The predicted octanol–water partition coefficient (Wildman–Crippen LogP) is 5.60. The Kier molecular flexibility index (Phi) is 8.47. The molecule has 1 N–H and O–H groups in total. The molecule has 0 saturated carbocycles. The van der Waals surface area contributed by atoms with Crippen molar-refractivity contribution in [2.45, 2.75) is 52.9 Å². The molecule has 0 radical (unpaired) electrons. The van der Waals surface area contributed by atoms with E-state index in [1.54, 1.807) is 0 Å². The van der Waals surface area contributed by atoms with E-state index in [2.05, 4.69) is 23.5 Å². The van der Waals surface area contributed by atoms with Crippen LogP contribution in [0.4, 0.5) is 13.2 Å². The minimum absolute atomic E-state index is 0.0808. The molecule has 0 aliphatic carbocycles. The van der Waals surface area contributed by atoms with Crippen molar-refractivity contribution >= 4 is 5.91 Å². The van der Waals surface area contributed by atoms with E-state index in [4.69, 9.17) is 0 Å². The second kappa shape index (κ2) is 10.6. The molecule has 1 unspecified atom stereocenters. The Morgan fingerprint density at radius 1 is 1.03 bits per heavy atom. The maximum absolute atomic E-state index is 12.3. The Hall–Kier alpha value is -2.34. The molecule has 0 bridgehead atoms. The quantitative estimate of drug-likeness (QED) is 0.698. The first-order valence-electron chi connectivity index (χ1n) is 10.4. The van der Waals surface area contributed by atoms with Gasteiger partial charge in [0.05, 0.1) is 5.56 Å². The summed E-state index contributed by atoms with van der Waals surface area (Å²) in [7, 11) is 0. The Morgan fingerprint density at radius 2 is 1.63 bits per heavy atom. The topological polar surface area (TPSA) is 32.3 Å². The summed E-state index contributed by atoms with van der Waals surface area (Å²) < 4.78 is 36.8. The van der Waals surface area contributed by atoms with Crippen molar-refractivity contribution in [3.05, 3.63) is 70.8 Å². The first-order chi connectivity index (χ1) is 14.1. The zero-order valence-electron chi connectivity index (χ0n) is 18.1. The van der Waals surface area contributed by atoms with Gasteiger partial charge in [-0.3, -0.25) is 4.79 Å². The highest BCUT2D eigenvalue weighted by molar-refractivity contribution is 5.78. The number of fused-ring (bicyclic) bond motifs is 1. The van der Waals surface area contributed by atoms with Crippen LogP contribution in [0.2, 0.25) is 0 Å². The fraction of sp³-hybridized carbons (Fsp3) is 0.458. The molecule has 1 atom stereocenters. The van der Waals surface area contributed by atoms with Gasteiger partial charge in [-0.1, -0.05) is 57.2 Å². The number of carbonyl (C=O) groups excluding carboxylic acids is 1. The molecule has 164 valence electrons. The normalized spacial score (nSPS) is 14.6. The van der Waals surface area contributed by atoms with Crippen molar-refractivity contribution in [3.8, 4) is 0 Å². The van der Waals surface area contributed by atoms with Crippen LogP contribution in [0.3, 0.4) is 0 Å². The van der Waals surface area contributed by atoms with E-state index >= 15 is 0 Å². The lowest BCUT2D eigenvalue weighted by molar-refractivity contribution is -0.137. The molecule has 1 heterocycles. The van der Waals surface area contributed by atoms with Gasteiger partial charge in [0, 0.05) is 25.0 Å². The lowest BCUT2D eigenvalue weighted by atomic mass is 9.99. The van der Waals surface area contributed by atoms with Gasteiger partial charge in [0.15, 0.2) is 0 Å². The Morgan fingerprint density at radius 3 is 2.17 bits per heavy atom. The van der Waals surface area contributed by atoms with Crippen molar-refractivity contribution < 1.29 is 18.0 Å². The van der Waals surface area contributed by atoms with Crippen molar-refractivity contribution in [1.29, 1.82) is 0 Å². The summed E-state index contributed by atoms with van der Waals surface area (Å²) in [5, 5.41) is 3.14. The number of alkyl halides is 3. The third-order valence-corrected chi connectivity index (χ3v) is 5.18. The van der Waals surface area contributed by atoms with E-state index < -0.39 is 11.7 Å². The summed E-state index contributed by atoms with van der Waals surface area (Å²) in [6.45, 7) is 10.3. The third-order valence-electron chi connectivity index (χ3n) is 5.18. The predicted molar refractivity (Wildman–Crippen MR) is 114 cm³/mol. The van der Waals surface area contributed by atoms with Crippen LogP contribution in [-0.2, 0) is 23.9 Å². The highest BCUT2D eigenvalue weighted by Gasteiger charge is 2.30. The first kappa shape index (κ1) is 23.9. The highest BCUT2D eigenvalue weighted by atomic mass is 19.4. The SMILES string of the molecule is CC(C)C(=O)N1CCc2ccccc2C1.CCNC(C)c1ccc(C(F)(F)F)cc1. The van der Waals surface area contributed by atoms with E-state index in [1.165, 1.54) is 23.3 Å². The fourth-order valence-electron chi connectivity index (χ4n) is 3.43. The van der Waals surface area contributed by atoms with Crippen LogP contribution >= 0.6 is 0 Å². The number of nitrogens with zero attached hydrogens (tertiary/aromatic N) is 1. The van der Waals surface area contributed by atoms with Crippen LogP contribution in [0.5, 0.6) is 0 Å². The maximum atomic E-state index is 12.3. The summed E-state index contributed by atoms with van der Waals surface area (Å²) in [6, 6.07) is 13.7. The first-order valence-corrected chi connectivity index (χ1v) is 10.4. The van der Waals surface area contributed by atoms with Crippen molar-refractivity contribution in [2.24, 2.45) is 5.92 Å². The lowest BCUT2D eigenvalue weighted by Gasteiger charge is -2.30. The number of hydrogen-bond acceptors (Lipinski definition) is 2. The summed E-state index contributed by atoms with van der Waals surface area (Å²) in [5.74, 6) is 0.375. The molecular formula is C24H31F3N2O. The number of hydrogen-bond donors (Lipinski definition) is 1. The summed E-state index contributed by atoms with van der Waals surface area (Å²) >= 11 is 0. The van der Waals surface area contributed by atoms with E-state index in [9.17, 15) is 18.0 Å². The Bertz CT molecular complexity index is 816. The average molecular weight is 421 g/mol. The van der Waals surface area contributed by atoms with Gasteiger partial charge in [-0.2, -0.15) is 13.2 Å². The molecule has 2 aromatic carbocycles. The smallest absolute Gasteiger partial charge is 0.338 e. The molecule has 3 nitrogen and oxygen atoms in total. The number of halogens is 3. The second-order valence-electron chi connectivity index (χ2n) is 7.83. The number of benzene rings is 2. The van der Waals surface area contributed by atoms with Gasteiger partial charge in [0.2, 0.25) is 5.91 Å². The number of rotatable bonds is 4. The fourth-order valence-corrected chi connectivity index (χ4v) is 3.43. The van der Waals surface area contributed by atoms with Crippen LogP contribution in [0.1, 0.15) is 56.0 Å². The van der Waals surface area contributed by atoms with Crippen LogP contribution in [0.25, 0.3) is 0 Å². The van der Waals surface area contributed by atoms with Crippen molar-refractivity contribution in [3.63, 3.8) is 0 Å². The number of amides is 1. The third kappa shape index (κ3) is 6.59. The van der Waals surface area contributed by atoms with Crippen LogP contribution in [0.15, 0.2) is 48.5 Å². The summed E-state index contributed by atoms with van der Waals surface area (Å²) in [4.78, 5) is 13.8. The number of nitrogens with one attached hydrogen (secondary N) is 1. The minimum Gasteiger partial charge on any atom is -0.338 e. The van der Waals surface area contributed by atoms with E-state index in [1.807, 2.05) is 38.7 Å². The van der Waals surface area contributed by atoms with E-state index in [0.29, 0.717) is 0 Å². The van der Waals surface area contributed by atoms with Crippen molar-refractivity contribution in [1.82, 2.24) is 10.2 Å². The molecule has 1 aliphatic heterocycles. The molecule has 0 spiro atoms. The molecule has 3 rings (SSSR count). The lowest BCUT2D eigenvalue weighted by Crippen LogP contribution is -2.38. The molecule has 0 saturated heterocycles. The van der Waals surface area contributed by atoms with Gasteiger partial charge in [-0.25, -0.2) is 0 Å². The summed E-state index contributed by atoms with van der Waals surface area (Å²) in [5.41, 5.74) is 2.96. The monoisotopic (exact) mass is 420 g/mol. The van der Waals surface area contributed by atoms with Crippen LogP contribution < -0.4 is 5.32 Å². The standard InChI is InChI=1S/C13H17NO.C11H14F3N/c1-10(2)13(15)14-8-7-11-5-3-4-6-12(11)9-14;1-3-15-8(2)9-4-6-10(7-5-9)11(12,13)14/h3-6,10H,7-9H2,1-2H3;4-8,15H,3H2,1-2H3. The van der Waals surface area contributed by atoms with Gasteiger partial charge in [0.1, 0.15) is 0 Å². The van der Waals surface area contributed by atoms with Crippen LogP contribution in [0, 0.1) is 5.92 Å². The van der Waals surface area contributed by atoms with Gasteiger partial charge in [0.25, 0.3) is 0 Å². The van der Waals surface area contributed by atoms with Gasteiger partial charge >= 0.3 is 6.18 Å². The van der Waals surface area contributed by atoms with Crippen molar-refractivity contribution in [2.75, 3.05) is 13.1 Å². The molecule has 1 amide bonds. The van der Waals surface area contributed by atoms with Crippen LogP contribution in [-0.4, -0.2) is 23.9 Å². The zero-order valence-corrected chi connectivity index (χ0v) is 18.1. The van der Waals surface area contributed by atoms with Gasteiger partial charge in [-0.15, -0.1) is 0 Å². The van der Waals surface area contributed by atoms with Gasteiger partial charge < -0.3 is 10.2 Å². The molecule has 0 fully saturated rings. The largest absolute Gasteiger partial charge is 0.416 e. The zero-order chi connectivity index (χ0) is 22.3. The van der Waals surface area contributed by atoms with E-state index in [-0.39, 0.29) is 17.9 Å². The minimum atomic E-state index is -4.25. The van der Waals surface area contributed by atoms with E-state index in [0.717, 1.165) is 43.8 Å². The second-order valence-corrected chi connectivity index (χ2v) is 7.83. The molecule has 1 aliphatic rings. The highest BCUT2D eigenvalue weighted by Crippen LogP contribution is 2.29. The molecular weight excluding hydrogens is 389 g/mol. The molecule has 6 heteroatoms. The molecule has 2 aromatic rings.